The van der Waals surface area contributed by atoms with Crippen molar-refractivity contribution < 1.29 is 29.2 Å². The lowest BCUT2D eigenvalue weighted by molar-refractivity contribution is -0.0906. The number of aliphatic hydroxyl groups excluding tert-OH is 1. The Kier molecular flexibility index (Phi) is 6.24. The third-order valence-corrected chi connectivity index (χ3v) is 4.12. The molecule has 0 radical (unpaired) electrons. The maximum Gasteiger partial charge on any atom is 0.337 e. The number of hydrogen-bond acceptors (Lipinski definition) is 6. The van der Waals surface area contributed by atoms with Crippen molar-refractivity contribution in [2.24, 2.45) is 0 Å². The number of carbonyl (C=O) groups is 1. The molecule has 0 spiro atoms. The summed E-state index contributed by atoms with van der Waals surface area (Å²) >= 11 is 6.05. The highest BCUT2D eigenvalue weighted by Gasteiger charge is 2.32. The van der Waals surface area contributed by atoms with Crippen molar-refractivity contribution >= 4 is 17.6 Å². The highest BCUT2D eigenvalue weighted by molar-refractivity contribution is 6.32. The topological polar surface area (TPSA) is 85.2 Å². The largest absolute Gasteiger partial charge is 0.489 e. The molecule has 1 atom stereocenters. The van der Waals surface area contributed by atoms with Gasteiger partial charge in [-0.1, -0.05) is 11.6 Å². The van der Waals surface area contributed by atoms with Crippen molar-refractivity contribution in [3.05, 3.63) is 28.8 Å². The maximum atomic E-state index is 11.4. The van der Waals surface area contributed by atoms with Crippen LogP contribution in [0.3, 0.4) is 0 Å². The first-order valence-corrected chi connectivity index (χ1v) is 7.80. The highest BCUT2D eigenvalue weighted by atomic mass is 35.5. The molecule has 7 heteroatoms. The zero-order valence-corrected chi connectivity index (χ0v) is 13.7. The van der Waals surface area contributed by atoms with E-state index in [4.69, 9.17) is 21.1 Å². The summed E-state index contributed by atoms with van der Waals surface area (Å²) in [5.74, 6) is -0.127. The van der Waals surface area contributed by atoms with Crippen LogP contribution in [0.2, 0.25) is 5.02 Å². The first kappa shape index (κ1) is 18.0. The second-order valence-electron chi connectivity index (χ2n) is 5.64. The van der Waals surface area contributed by atoms with Gasteiger partial charge in [0.25, 0.3) is 0 Å². The van der Waals surface area contributed by atoms with Gasteiger partial charge < -0.3 is 24.4 Å². The molecule has 1 heterocycles. The molecule has 0 aliphatic carbocycles. The van der Waals surface area contributed by atoms with E-state index in [1.54, 1.807) is 6.07 Å². The molecule has 128 valence electrons. The lowest BCUT2D eigenvalue weighted by atomic mass is 9.88. The molecule has 0 bridgehead atoms. The van der Waals surface area contributed by atoms with Crippen molar-refractivity contribution in [3.8, 4) is 5.75 Å². The van der Waals surface area contributed by atoms with Gasteiger partial charge in [0.05, 0.1) is 29.4 Å². The summed E-state index contributed by atoms with van der Waals surface area (Å²) in [6.07, 6.45) is 0.389. The second-order valence-corrected chi connectivity index (χ2v) is 6.05. The van der Waals surface area contributed by atoms with Gasteiger partial charge in [0, 0.05) is 19.6 Å². The second kappa shape index (κ2) is 7.97. The minimum absolute atomic E-state index is 0.000454. The van der Waals surface area contributed by atoms with Crippen LogP contribution in [0.15, 0.2) is 18.2 Å². The van der Waals surface area contributed by atoms with Gasteiger partial charge in [-0.05, 0) is 31.0 Å². The van der Waals surface area contributed by atoms with Crippen molar-refractivity contribution in [2.75, 3.05) is 26.9 Å². The number of carbonyl (C=O) groups excluding carboxylic acids is 1. The SMILES string of the molecule is COC(=O)c1ccc(OCC(O)CC2(O)CCOCC2)c(Cl)c1. The third kappa shape index (κ3) is 5.07. The predicted octanol–water partition coefficient (Wildman–Crippen LogP) is 1.80. The van der Waals surface area contributed by atoms with Crippen LogP contribution in [0.4, 0.5) is 0 Å². The van der Waals surface area contributed by atoms with Gasteiger partial charge in [-0.25, -0.2) is 4.79 Å². The number of esters is 1. The average molecular weight is 345 g/mol. The van der Waals surface area contributed by atoms with E-state index in [1.165, 1.54) is 19.2 Å². The van der Waals surface area contributed by atoms with Crippen LogP contribution in [0.25, 0.3) is 0 Å². The monoisotopic (exact) mass is 344 g/mol. The molecule has 2 rings (SSSR count). The Hall–Kier alpha value is -1.34. The van der Waals surface area contributed by atoms with Crippen molar-refractivity contribution in [2.45, 2.75) is 31.0 Å². The number of methoxy groups -OCH3 is 1. The van der Waals surface area contributed by atoms with Gasteiger partial charge in [0.1, 0.15) is 12.4 Å². The Morgan fingerprint density at radius 1 is 1.43 bits per heavy atom. The van der Waals surface area contributed by atoms with Gasteiger partial charge in [0.2, 0.25) is 0 Å². The number of ether oxygens (including phenoxy) is 3. The Balaban J connectivity index is 1.88. The van der Waals surface area contributed by atoms with Crippen LogP contribution in [-0.2, 0) is 9.47 Å². The molecule has 0 saturated carbocycles. The van der Waals surface area contributed by atoms with Crippen molar-refractivity contribution in [1.82, 2.24) is 0 Å². The standard InChI is InChI=1S/C16H21ClO6/c1-21-15(19)11-2-3-14(13(17)8-11)23-10-12(18)9-16(20)4-6-22-7-5-16/h2-3,8,12,18,20H,4-7,9-10H2,1H3. The van der Waals surface area contributed by atoms with E-state index in [-0.39, 0.29) is 18.1 Å². The van der Waals surface area contributed by atoms with E-state index in [9.17, 15) is 15.0 Å². The molecule has 1 aromatic rings. The number of hydrogen-bond donors (Lipinski definition) is 2. The summed E-state index contributed by atoms with van der Waals surface area (Å²) < 4.78 is 15.3. The number of rotatable bonds is 6. The summed E-state index contributed by atoms with van der Waals surface area (Å²) in [6, 6.07) is 4.52. The molecular weight excluding hydrogens is 324 g/mol. The highest BCUT2D eigenvalue weighted by Crippen LogP contribution is 2.28. The Bertz CT molecular complexity index is 541. The van der Waals surface area contributed by atoms with Crippen LogP contribution in [0, 0.1) is 0 Å². The molecule has 6 nitrogen and oxygen atoms in total. The third-order valence-electron chi connectivity index (χ3n) is 3.82. The van der Waals surface area contributed by atoms with Crippen molar-refractivity contribution in [3.63, 3.8) is 0 Å². The number of aliphatic hydroxyl groups is 2. The van der Waals surface area contributed by atoms with Crippen molar-refractivity contribution in [1.29, 1.82) is 0 Å². The molecule has 1 aliphatic rings. The van der Waals surface area contributed by atoms with Gasteiger partial charge >= 0.3 is 5.97 Å². The molecule has 0 amide bonds. The van der Waals surface area contributed by atoms with Crippen LogP contribution < -0.4 is 4.74 Å². The van der Waals surface area contributed by atoms with E-state index < -0.39 is 17.7 Å². The van der Waals surface area contributed by atoms with Gasteiger partial charge in [-0.15, -0.1) is 0 Å². The Labute approximate surface area is 139 Å². The Morgan fingerprint density at radius 3 is 2.74 bits per heavy atom. The van der Waals surface area contributed by atoms with Crippen LogP contribution >= 0.6 is 11.6 Å². The maximum absolute atomic E-state index is 11.4. The lowest BCUT2D eigenvalue weighted by Gasteiger charge is -2.33. The fourth-order valence-corrected chi connectivity index (χ4v) is 2.74. The summed E-state index contributed by atoms with van der Waals surface area (Å²) in [6.45, 7) is 0.982. The summed E-state index contributed by atoms with van der Waals surface area (Å²) in [5.41, 5.74) is -0.596. The molecule has 23 heavy (non-hydrogen) atoms. The normalized spacial score (nSPS) is 18.3. The fraction of sp³-hybridized carbons (Fsp3) is 0.562. The summed E-state index contributed by atoms with van der Waals surface area (Å²) in [4.78, 5) is 11.4. The van der Waals surface area contributed by atoms with Gasteiger partial charge in [0.15, 0.2) is 0 Å². The molecule has 1 unspecified atom stereocenters. The lowest BCUT2D eigenvalue weighted by Crippen LogP contribution is -2.40. The summed E-state index contributed by atoms with van der Waals surface area (Å²) in [5, 5.41) is 20.7. The zero-order chi connectivity index (χ0) is 16.9. The molecular formula is C16H21ClO6. The Morgan fingerprint density at radius 2 is 2.13 bits per heavy atom. The predicted molar refractivity (Wildman–Crippen MR) is 83.9 cm³/mol. The molecule has 2 N–H and O–H groups in total. The van der Waals surface area contributed by atoms with E-state index in [1.807, 2.05) is 0 Å². The molecule has 1 fully saturated rings. The minimum Gasteiger partial charge on any atom is -0.489 e. The first-order chi connectivity index (χ1) is 10.9. The quantitative estimate of drug-likeness (QED) is 0.765. The van der Waals surface area contributed by atoms with E-state index >= 15 is 0 Å². The molecule has 0 aromatic heterocycles. The smallest absolute Gasteiger partial charge is 0.337 e. The van der Waals surface area contributed by atoms with Gasteiger partial charge in [-0.3, -0.25) is 0 Å². The van der Waals surface area contributed by atoms with Crippen LogP contribution in [0.5, 0.6) is 5.75 Å². The van der Waals surface area contributed by atoms with Crippen LogP contribution in [-0.4, -0.2) is 54.8 Å². The number of benzene rings is 1. The first-order valence-electron chi connectivity index (χ1n) is 7.42. The molecule has 1 aromatic carbocycles. The number of halogens is 1. The van der Waals surface area contributed by atoms with E-state index in [0.717, 1.165) is 0 Å². The zero-order valence-electron chi connectivity index (χ0n) is 13.0. The minimum atomic E-state index is -0.917. The molecule has 1 aliphatic heterocycles. The van der Waals surface area contributed by atoms with Gasteiger partial charge in [-0.2, -0.15) is 0 Å². The van der Waals surface area contributed by atoms with E-state index in [0.29, 0.717) is 37.4 Å². The van der Waals surface area contributed by atoms with E-state index in [2.05, 4.69) is 4.74 Å². The molecule has 1 saturated heterocycles. The van der Waals surface area contributed by atoms with Crippen LogP contribution in [0.1, 0.15) is 29.6 Å². The fourth-order valence-electron chi connectivity index (χ4n) is 2.50. The summed E-state index contributed by atoms with van der Waals surface area (Å²) in [7, 11) is 1.29. The average Bonchev–Trinajstić information content (AvgIpc) is 2.53.